The van der Waals surface area contributed by atoms with Crippen LogP contribution >= 0.6 is 11.3 Å². The van der Waals surface area contributed by atoms with Crippen LogP contribution in [0.4, 0.5) is 5.13 Å². The molecule has 1 amide bonds. The predicted molar refractivity (Wildman–Crippen MR) is 141 cm³/mol. The fourth-order valence-electron chi connectivity index (χ4n) is 5.42. The van der Waals surface area contributed by atoms with E-state index in [-0.39, 0.29) is 23.6 Å². The van der Waals surface area contributed by atoms with Gasteiger partial charge in [-0.1, -0.05) is 30.7 Å². The van der Waals surface area contributed by atoms with Crippen LogP contribution in [-0.4, -0.2) is 49.1 Å². The number of nitrogens with zero attached hydrogens (tertiary/aromatic N) is 2. The molecule has 0 spiro atoms. The number of amides is 1. The molecular formula is C28H32N2O7S. The van der Waals surface area contributed by atoms with E-state index in [4.69, 9.17) is 18.9 Å². The molecule has 5 rings (SSSR count). The molecule has 202 valence electrons. The monoisotopic (exact) mass is 540 g/mol. The molecule has 1 aliphatic carbocycles. The minimum Gasteiger partial charge on any atom is -0.490 e. The van der Waals surface area contributed by atoms with Crippen molar-refractivity contribution in [2.24, 2.45) is 5.92 Å². The number of thiazole rings is 1. The first-order valence-electron chi connectivity index (χ1n) is 13.1. The van der Waals surface area contributed by atoms with Crippen LogP contribution in [0.3, 0.4) is 0 Å². The number of hydrogen-bond donors (Lipinski definition) is 0. The zero-order chi connectivity index (χ0) is 27.0. The summed E-state index contributed by atoms with van der Waals surface area (Å²) in [6.45, 7) is 6.56. The summed E-state index contributed by atoms with van der Waals surface area (Å²) in [5.41, 5.74) is 1.47. The summed E-state index contributed by atoms with van der Waals surface area (Å²) < 4.78 is 22.9. The first kappa shape index (κ1) is 26.2. The molecule has 3 heterocycles. The van der Waals surface area contributed by atoms with Crippen LogP contribution in [-0.2, 0) is 19.1 Å². The van der Waals surface area contributed by atoms with Gasteiger partial charge in [0.15, 0.2) is 28.2 Å². The van der Waals surface area contributed by atoms with Gasteiger partial charge in [0.25, 0.3) is 5.91 Å². The zero-order valence-corrected chi connectivity index (χ0v) is 22.9. The summed E-state index contributed by atoms with van der Waals surface area (Å²) in [4.78, 5) is 46.5. The summed E-state index contributed by atoms with van der Waals surface area (Å²) in [7, 11) is 1.30. The van der Waals surface area contributed by atoms with E-state index in [0.717, 1.165) is 43.4 Å². The molecule has 3 aliphatic rings. The Morgan fingerprint density at radius 3 is 2.68 bits per heavy atom. The second-order valence-electron chi connectivity index (χ2n) is 9.62. The summed E-state index contributed by atoms with van der Waals surface area (Å²) in [6, 6.07) is 4.69. The molecule has 1 aromatic carbocycles. The van der Waals surface area contributed by atoms with Crippen molar-refractivity contribution >= 4 is 34.1 Å². The number of rotatable bonds is 8. The summed E-state index contributed by atoms with van der Waals surface area (Å²) in [6.07, 6.45) is 3.93. The predicted octanol–water partition coefficient (Wildman–Crippen LogP) is 4.93. The van der Waals surface area contributed by atoms with Gasteiger partial charge in [-0.3, -0.25) is 14.5 Å². The number of fused-ring (bicyclic) bond motifs is 1. The van der Waals surface area contributed by atoms with Crippen LogP contribution in [0.25, 0.3) is 0 Å². The molecule has 0 N–H and O–H groups in total. The largest absolute Gasteiger partial charge is 0.490 e. The van der Waals surface area contributed by atoms with Gasteiger partial charge in [-0.15, -0.1) is 0 Å². The van der Waals surface area contributed by atoms with E-state index in [2.05, 4.69) is 4.98 Å². The lowest BCUT2D eigenvalue weighted by molar-refractivity contribution is -0.131. The third kappa shape index (κ3) is 4.44. The van der Waals surface area contributed by atoms with Crippen molar-refractivity contribution < 1.29 is 33.3 Å². The van der Waals surface area contributed by atoms with E-state index in [1.165, 1.54) is 12.0 Å². The SMILES string of the molecule is CCCOc1ccc(C2C3=C(OC4CCCCC4C3=O)C(=O)N2c2nc(C)c(C(=O)OC)s2)cc1OCC. The Balaban J connectivity index is 1.64. The van der Waals surface area contributed by atoms with E-state index in [1.807, 2.05) is 32.0 Å². The van der Waals surface area contributed by atoms with Crippen molar-refractivity contribution in [2.45, 2.75) is 65.0 Å². The number of esters is 1. The van der Waals surface area contributed by atoms with Crippen LogP contribution in [0, 0.1) is 12.8 Å². The highest BCUT2D eigenvalue weighted by Crippen LogP contribution is 2.50. The molecule has 9 nitrogen and oxygen atoms in total. The number of ketones is 1. The van der Waals surface area contributed by atoms with Crippen LogP contribution in [0.15, 0.2) is 29.5 Å². The van der Waals surface area contributed by atoms with E-state index in [1.54, 1.807) is 6.92 Å². The lowest BCUT2D eigenvalue weighted by atomic mass is 9.77. The van der Waals surface area contributed by atoms with Gasteiger partial charge >= 0.3 is 5.97 Å². The molecule has 1 fully saturated rings. The number of methoxy groups -OCH3 is 1. The smallest absolute Gasteiger partial charge is 0.350 e. The van der Waals surface area contributed by atoms with Crippen LogP contribution in [0.2, 0.25) is 0 Å². The Bertz CT molecular complexity index is 1300. The van der Waals surface area contributed by atoms with Gasteiger partial charge in [-0.05, 0) is 57.2 Å². The minimum atomic E-state index is -0.775. The Labute approximate surface area is 225 Å². The summed E-state index contributed by atoms with van der Waals surface area (Å²) >= 11 is 1.06. The topological polar surface area (TPSA) is 104 Å². The van der Waals surface area contributed by atoms with Gasteiger partial charge in [0.1, 0.15) is 11.0 Å². The van der Waals surface area contributed by atoms with Gasteiger partial charge < -0.3 is 18.9 Å². The van der Waals surface area contributed by atoms with E-state index in [9.17, 15) is 14.4 Å². The fraction of sp³-hybridized carbons (Fsp3) is 0.500. The van der Waals surface area contributed by atoms with Crippen molar-refractivity contribution in [1.29, 1.82) is 0 Å². The number of aryl methyl sites for hydroxylation is 1. The third-order valence-electron chi connectivity index (χ3n) is 7.17. The number of benzene rings is 1. The quantitative estimate of drug-likeness (QED) is 0.435. The average Bonchev–Trinajstić information content (AvgIpc) is 3.45. The maximum Gasteiger partial charge on any atom is 0.350 e. The summed E-state index contributed by atoms with van der Waals surface area (Å²) in [5, 5.41) is 0.302. The normalized spacial score (nSPS) is 22.6. The molecular weight excluding hydrogens is 508 g/mol. The van der Waals surface area contributed by atoms with Crippen LogP contribution in [0.1, 0.15) is 72.9 Å². The van der Waals surface area contributed by atoms with E-state index < -0.39 is 17.9 Å². The number of carbonyl (C=O) groups excluding carboxylic acids is 3. The van der Waals surface area contributed by atoms with Gasteiger partial charge in [0.05, 0.1) is 43.6 Å². The van der Waals surface area contributed by atoms with Gasteiger partial charge in [0.2, 0.25) is 0 Å². The minimum absolute atomic E-state index is 0.0532. The maximum absolute atomic E-state index is 13.9. The highest BCUT2D eigenvalue weighted by atomic mass is 32.1. The Morgan fingerprint density at radius 2 is 1.95 bits per heavy atom. The van der Waals surface area contributed by atoms with Crippen molar-refractivity contribution in [3.63, 3.8) is 0 Å². The number of aromatic nitrogens is 1. The molecule has 1 aromatic heterocycles. The van der Waals surface area contributed by atoms with Crippen LogP contribution < -0.4 is 14.4 Å². The van der Waals surface area contributed by atoms with Gasteiger partial charge in [-0.25, -0.2) is 9.78 Å². The van der Waals surface area contributed by atoms with Crippen molar-refractivity contribution in [3.05, 3.63) is 45.7 Å². The van der Waals surface area contributed by atoms with Gasteiger partial charge in [-0.2, -0.15) is 0 Å². The molecule has 0 saturated heterocycles. The number of carbonyl (C=O) groups is 3. The fourth-order valence-corrected chi connectivity index (χ4v) is 6.43. The lowest BCUT2D eigenvalue weighted by Crippen LogP contribution is -2.39. The highest BCUT2D eigenvalue weighted by Gasteiger charge is 2.53. The third-order valence-corrected chi connectivity index (χ3v) is 8.31. The number of Topliss-reactive ketones (excluding diaryl/α,β-unsaturated/α-hetero) is 1. The lowest BCUT2D eigenvalue weighted by Gasteiger charge is -2.35. The Hall–Kier alpha value is -3.40. The average molecular weight is 541 g/mol. The molecule has 1 saturated carbocycles. The molecule has 2 aliphatic heterocycles. The molecule has 38 heavy (non-hydrogen) atoms. The Morgan fingerprint density at radius 1 is 1.16 bits per heavy atom. The molecule has 0 bridgehead atoms. The van der Waals surface area contributed by atoms with Crippen molar-refractivity contribution in [2.75, 3.05) is 25.2 Å². The first-order chi connectivity index (χ1) is 18.4. The highest BCUT2D eigenvalue weighted by molar-refractivity contribution is 7.17. The van der Waals surface area contributed by atoms with E-state index in [0.29, 0.717) is 51.6 Å². The second-order valence-corrected chi connectivity index (χ2v) is 10.6. The first-order valence-corrected chi connectivity index (χ1v) is 13.9. The van der Waals surface area contributed by atoms with Gasteiger partial charge in [0, 0.05) is 0 Å². The van der Waals surface area contributed by atoms with E-state index >= 15 is 0 Å². The second kappa shape index (κ2) is 10.8. The number of anilines is 1. The molecule has 2 aromatic rings. The van der Waals surface area contributed by atoms with Crippen LogP contribution in [0.5, 0.6) is 11.5 Å². The van der Waals surface area contributed by atoms with Crippen molar-refractivity contribution in [3.8, 4) is 11.5 Å². The molecule has 10 heteroatoms. The number of hydrogen-bond acceptors (Lipinski definition) is 9. The zero-order valence-electron chi connectivity index (χ0n) is 22.1. The standard InChI is InChI=1S/C28H32N2O7S/c1-5-13-36-19-12-11-16(14-20(19)35-6-2)22-21-23(31)17-9-7-8-10-18(17)37-24(21)26(32)30(22)28-29-15(3)25(38-28)27(33)34-4/h11-12,14,17-18,22H,5-10,13H2,1-4H3. The van der Waals surface area contributed by atoms with Crippen molar-refractivity contribution in [1.82, 2.24) is 4.98 Å². The Kier molecular flexibility index (Phi) is 7.43. The number of ether oxygens (including phenoxy) is 4. The maximum atomic E-state index is 13.9. The molecule has 3 unspecified atom stereocenters. The molecule has 3 atom stereocenters. The summed E-state index contributed by atoms with van der Waals surface area (Å²) in [5.74, 6) is -0.0786. The molecule has 0 radical (unpaired) electrons.